The van der Waals surface area contributed by atoms with Crippen molar-refractivity contribution in [3.05, 3.63) is 0 Å². The highest BCUT2D eigenvalue weighted by Gasteiger charge is 1.95. The van der Waals surface area contributed by atoms with Gasteiger partial charge in [-0.15, -0.1) is 11.6 Å². The van der Waals surface area contributed by atoms with Crippen molar-refractivity contribution in [2.45, 2.75) is 32.1 Å². The van der Waals surface area contributed by atoms with Gasteiger partial charge >= 0.3 is 0 Å². The van der Waals surface area contributed by atoms with Gasteiger partial charge in [0.25, 0.3) is 0 Å². The second-order valence-corrected chi connectivity index (χ2v) is 2.51. The van der Waals surface area contributed by atoms with Crippen LogP contribution in [-0.4, -0.2) is 18.1 Å². The zero-order valence-corrected chi connectivity index (χ0v) is 6.86. The minimum atomic E-state index is 0.148. The van der Waals surface area contributed by atoms with Crippen molar-refractivity contribution in [1.29, 1.82) is 0 Å². The van der Waals surface area contributed by atoms with E-state index < -0.39 is 0 Å². The average Bonchev–Trinajstić information content (AvgIpc) is 1.85. The molecule has 0 saturated heterocycles. The van der Waals surface area contributed by atoms with Gasteiger partial charge in [-0.05, 0) is 13.3 Å². The van der Waals surface area contributed by atoms with Crippen molar-refractivity contribution in [3.63, 3.8) is 0 Å². The molecule has 0 spiro atoms. The summed E-state index contributed by atoms with van der Waals surface area (Å²) in [4.78, 5) is 4.03. The van der Waals surface area contributed by atoms with E-state index in [4.69, 9.17) is 11.6 Å². The Bertz CT molecular complexity index is 81.0. The number of alkyl halides is 1. The van der Waals surface area contributed by atoms with E-state index in [1.54, 1.807) is 0 Å². The Labute approximate surface area is 62.1 Å². The topological polar surface area (TPSA) is 12.4 Å². The maximum absolute atomic E-state index is 5.81. The lowest BCUT2D eigenvalue weighted by molar-refractivity contribution is 0.845. The second kappa shape index (κ2) is 6.09. The summed E-state index contributed by atoms with van der Waals surface area (Å²) in [6.45, 7) is 4.97. The van der Waals surface area contributed by atoms with Crippen LogP contribution in [0.15, 0.2) is 4.99 Å². The zero-order chi connectivity index (χ0) is 7.11. The van der Waals surface area contributed by atoms with Crippen LogP contribution in [0.1, 0.15) is 26.7 Å². The van der Waals surface area contributed by atoms with E-state index >= 15 is 0 Å². The number of hydrogen-bond acceptors (Lipinski definition) is 1. The Hall–Kier alpha value is -0.0400. The van der Waals surface area contributed by atoms with E-state index in [0.29, 0.717) is 0 Å². The first kappa shape index (κ1) is 8.96. The molecule has 0 aliphatic carbocycles. The van der Waals surface area contributed by atoms with Gasteiger partial charge in [-0.25, -0.2) is 0 Å². The summed E-state index contributed by atoms with van der Waals surface area (Å²) in [5, 5.41) is 0.148. The van der Waals surface area contributed by atoms with Crippen LogP contribution in [0.5, 0.6) is 0 Å². The molecule has 0 aromatic heterocycles. The molecular weight excluding hydrogens is 134 g/mol. The SMILES string of the molecule is CCCC(Cl)C=NCC. The highest BCUT2D eigenvalue weighted by molar-refractivity contribution is 6.28. The standard InChI is InChI=1S/C7H14ClN/c1-3-5-7(8)6-9-4-2/h6-7H,3-5H2,1-2H3. The molecule has 0 rings (SSSR count). The molecule has 2 heteroatoms. The van der Waals surface area contributed by atoms with Gasteiger partial charge in [0.2, 0.25) is 0 Å². The molecule has 0 aliphatic heterocycles. The molecule has 0 radical (unpaired) electrons. The molecule has 0 N–H and O–H groups in total. The van der Waals surface area contributed by atoms with Crippen molar-refractivity contribution >= 4 is 17.8 Å². The molecule has 1 unspecified atom stereocenters. The smallest absolute Gasteiger partial charge is 0.0683 e. The first-order valence-corrected chi connectivity index (χ1v) is 3.88. The maximum atomic E-state index is 5.81. The van der Waals surface area contributed by atoms with Crippen LogP contribution in [0.4, 0.5) is 0 Å². The van der Waals surface area contributed by atoms with Crippen molar-refractivity contribution in [3.8, 4) is 0 Å². The monoisotopic (exact) mass is 147 g/mol. The first-order chi connectivity index (χ1) is 4.31. The molecule has 0 aromatic carbocycles. The van der Waals surface area contributed by atoms with Crippen LogP contribution < -0.4 is 0 Å². The number of hydrogen-bond donors (Lipinski definition) is 0. The van der Waals surface area contributed by atoms with Crippen LogP contribution in [0.3, 0.4) is 0 Å². The molecule has 1 atom stereocenters. The normalized spacial score (nSPS) is 14.6. The van der Waals surface area contributed by atoms with Gasteiger partial charge in [0.1, 0.15) is 0 Å². The Morgan fingerprint density at radius 1 is 1.56 bits per heavy atom. The quantitative estimate of drug-likeness (QED) is 0.428. The van der Waals surface area contributed by atoms with Crippen molar-refractivity contribution in [2.24, 2.45) is 4.99 Å². The van der Waals surface area contributed by atoms with Gasteiger partial charge in [0.15, 0.2) is 0 Å². The molecule has 0 aliphatic rings. The van der Waals surface area contributed by atoms with Gasteiger partial charge in [0, 0.05) is 12.8 Å². The Morgan fingerprint density at radius 3 is 2.67 bits per heavy atom. The third-order valence-corrected chi connectivity index (χ3v) is 1.35. The Kier molecular flexibility index (Phi) is 6.06. The molecular formula is C7H14ClN. The molecule has 0 bridgehead atoms. The lowest BCUT2D eigenvalue weighted by Gasteiger charge is -1.97. The fraction of sp³-hybridized carbons (Fsp3) is 0.857. The van der Waals surface area contributed by atoms with E-state index in [9.17, 15) is 0 Å². The second-order valence-electron chi connectivity index (χ2n) is 1.95. The minimum absolute atomic E-state index is 0.148. The van der Waals surface area contributed by atoms with E-state index in [2.05, 4.69) is 11.9 Å². The van der Waals surface area contributed by atoms with Gasteiger partial charge in [-0.3, -0.25) is 4.99 Å². The van der Waals surface area contributed by atoms with Crippen molar-refractivity contribution < 1.29 is 0 Å². The molecule has 0 fully saturated rings. The van der Waals surface area contributed by atoms with Crippen LogP contribution in [0.25, 0.3) is 0 Å². The van der Waals surface area contributed by atoms with E-state index in [1.807, 2.05) is 13.1 Å². The molecule has 9 heavy (non-hydrogen) atoms. The molecule has 1 nitrogen and oxygen atoms in total. The summed E-state index contributed by atoms with van der Waals surface area (Å²) >= 11 is 5.81. The van der Waals surface area contributed by atoms with Gasteiger partial charge in [-0.2, -0.15) is 0 Å². The molecule has 0 saturated carbocycles. The largest absolute Gasteiger partial charge is 0.296 e. The van der Waals surface area contributed by atoms with Gasteiger partial charge < -0.3 is 0 Å². The summed E-state index contributed by atoms with van der Waals surface area (Å²) < 4.78 is 0. The third kappa shape index (κ3) is 5.84. The molecule has 0 aromatic rings. The van der Waals surface area contributed by atoms with Crippen molar-refractivity contribution in [2.75, 3.05) is 6.54 Å². The lowest BCUT2D eigenvalue weighted by Crippen LogP contribution is -1.98. The third-order valence-electron chi connectivity index (χ3n) is 1.01. The molecule has 0 heterocycles. The summed E-state index contributed by atoms with van der Waals surface area (Å²) in [7, 11) is 0. The summed E-state index contributed by atoms with van der Waals surface area (Å²) in [5.74, 6) is 0. The Balaban J connectivity index is 3.25. The minimum Gasteiger partial charge on any atom is -0.296 e. The van der Waals surface area contributed by atoms with Crippen LogP contribution in [0.2, 0.25) is 0 Å². The number of aliphatic imine (C=N–C) groups is 1. The average molecular weight is 148 g/mol. The van der Waals surface area contributed by atoms with E-state index in [1.165, 1.54) is 0 Å². The summed E-state index contributed by atoms with van der Waals surface area (Å²) in [6, 6.07) is 0. The molecule has 0 amide bonds. The van der Waals surface area contributed by atoms with Crippen LogP contribution >= 0.6 is 11.6 Å². The zero-order valence-electron chi connectivity index (χ0n) is 6.10. The number of halogens is 1. The fourth-order valence-electron chi connectivity index (χ4n) is 0.570. The molecule has 54 valence electrons. The Morgan fingerprint density at radius 2 is 2.22 bits per heavy atom. The number of nitrogens with zero attached hydrogens (tertiary/aromatic N) is 1. The van der Waals surface area contributed by atoms with Crippen LogP contribution in [0, 0.1) is 0 Å². The van der Waals surface area contributed by atoms with E-state index in [0.717, 1.165) is 19.4 Å². The summed E-state index contributed by atoms with van der Waals surface area (Å²) in [5.41, 5.74) is 0. The van der Waals surface area contributed by atoms with Gasteiger partial charge in [0.05, 0.1) is 5.38 Å². The number of rotatable bonds is 4. The predicted molar refractivity (Wildman–Crippen MR) is 43.6 cm³/mol. The first-order valence-electron chi connectivity index (χ1n) is 3.45. The highest BCUT2D eigenvalue weighted by atomic mass is 35.5. The lowest BCUT2D eigenvalue weighted by atomic mass is 10.3. The van der Waals surface area contributed by atoms with Crippen LogP contribution in [-0.2, 0) is 0 Å². The van der Waals surface area contributed by atoms with Gasteiger partial charge in [-0.1, -0.05) is 13.3 Å². The predicted octanol–water partition coefficient (Wildman–Crippen LogP) is 2.48. The summed E-state index contributed by atoms with van der Waals surface area (Å²) in [6.07, 6.45) is 3.99. The van der Waals surface area contributed by atoms with Crippen molar-refractivity contribution in [1.82, 2.24) is 0 Å². The highest BCUT2D eigenvalue weighted by Crippen LogP contribution is 2.01. The maximum Gasteiger partial charge on any atom is 0.0683 e. The fourth-order valence-corrected chi connectivity index (χ4v) is 0.868. The van der Waals surface area contributed by atoms with E-state index in [-0.39, 0.29) is 5.38 Å².